The van der Waals surface area contributed by atoms with Crippen LogP contribution in [0.15, 0.2) is 42.5 Å². The van der Waals surface area contributed by atoms with Gasteiger partial charge in [0.2, 0.25) is 15.9 Å². The third-order valence-electron chi connectivity index (χ3n) is 6.45. The molecule has 0 spiro atoms. The molecule has 0 aliphatic carbocycles. The summed E-state index contributed by atoms with van der Waals surface area (Å²) >= 11 is 0. The smallest absolute Gasteiger partial charge is 0.232 e. The summed E-state index contributed by atoms with van der Waals surface area (Å²) < 4.78 is 26.1. The van der Waals surface area contributed by atoms with E-state index in [1.807, 2.05) is 39.0 Å². The number of hydrogen-bond acceptors (Lipinski definition) is 4. The normalized spacial score (nSPS) is 17.3. The minimum Gasteiger partial charge on any atom is -0.371 e. The Balaban J connectivity index is 1.53. The molecule has 2 aromatic rings. The summed E-state index contributed by atoms with van der Waals surface area (Å²) in [5.74, 6) is 0.649. The largest absolute Gasteiger partial charge is 0.371 e. The SMILES string of the molecule is Cc1cc(C)cc(N(CCCC(=O)N[C@H](C)c2ccc(N3CCC[C@@H](C)C3)cc2)S(C)(=O)=O)c1. The second-order valence-electron chi connectivity index (χ2n) is 9.86. The van der Waals surface area contributed by atoms with Crippen LogP contribution in [0.25, 0.3) is 0 Å². The maximum atomic E-state index is 12.6. The summed E-state index contributed by atoms with van der Waals surface area (Å²) in [6.07, 6.45) is 4.45. The van der Waals surface area contributed by atoms with Gasteiger partial charge in [-0.1, -0.05) is 25.1 Å². The van der Waals surface area contributed by atoms with Crippen molar-refractivity contribution in [2.75, 3.05) is 35.1 Å². The van der Waals surface area contributed by atoms with Crippen LogP contribution >= 0.6 is 0 Å². The average molecular weight is 486 g/mol. The molecular weight excluding hydrogens is 446 g/mol. The van der Waals surface area contributed by atoms with E-state index in [9.17, 15) is 13.2 Å². The Kier molecular flexibility index (Phi) is 8.63. The van der Waals surface area contributed by atoms with E-state index in [1.54, 1.807) is 0 Å². The van der Waals surface area contributed by atoms with E-state index in [0.717, 1.165) is 35.7 Å². The summed E-state index contributed by atoms with van der Waals surface area (Å²) in [5.41, 5.74) is 4.97. The minimum absolute atomic E-state index is 0.0738. The number of piperidine rings is 1. The molecule has 6 nitrogen and oxygen atoms in total. The van der Waals surface area contributed by atoms with Gasteiger partial charge in [0.15, 0.2) is 0 Å². The van der Waals surface area contributed by atoms with Gasteiger partial charge >= 0.3 is 0 Å². The van der Waals surface area contributed by atoms with Crippen LogP contribution in [0.5, 0.6) is 0 Å². The lowest BCUT2D eigenvalue weighted by atomic mass is 9.99. The molecule has 1 N–H and O–H groups in total. The molecule has 186 valence electrons. The molecule has 0 unspecified atom stereocenters. The fourth-order valence-electron chi connectivity index (χ4n) is 4.76. The van der Waals surface area contributed by atoms with Gasteiger partial charge in [-0.3, -0.25) is 9.10 Å². The molecule has 0 aromatic heterocycles. The second kappa shape index (κ2) is 11.3. The summed E-state index contributed by atoms with van der Waals surface area (Å²) in [5, 5.41) is 3.05. The molecule has 3 rings (SSSR count). The van der Waals surface area contributed by atoms with Gasteiger partial charge in [0.25, 0.3) is 0 Å². The van der Waals surface area contributed by atoms with Gasteiger partial charge in [-0.05, 0) is 86.9 Å². The lowest BCUT2D eigenvalue weighted by molar-refractivity contribution is -0.121. The van der Waals surface area contributed by atoms with Crippen molar-refractivity contribution in [2.45, 2.75) is 59.4 Å². The lowest BCUT2D eigenvalue weighted by Gasteiger charge is -2.33. The minimum atomic E-state index is -3.43. The molecular formula is C27H39N3O3S. The summed E-state index contributed by atoms with van der Waals surface area (Å²) in [6, 6.07) is 14.1. The first-order valence-electron chi connectivity index (χ1n) is 12.2. The van der Waals surface area contributed by atoms with Crippen LogP contribution in [0.3, 0.4) is 0 Å². The Bertz CT molecular complexity index is 1060. The third-order valence-corrected chi connectivity index (χ3v) is 7.65. The number of hydrogen-bond donors (Lipinski definition) is 1. The number of rotatable bonds is 9. The van der Waals surface area contributed by atoms with Crippen LogP contribution in [-0.4, -0.2) is 40.2 Å². The number of sulfonamides is 1. The number of benzene rings is 2. The van der Waals surface area contributed by atoms with Gasteiger partial charge < -0.3 is 10.2 Å². The molecule has 2 atom stereocenters. The van der Waals surface area contributed by atoms with E-state index in [2.05, 4.69) is 41.4 Å². The Hall–Kier alpha value is -2.54. The molecule has 34 heavy (non-hydrogen) atoms. The average Bonchev–Trinajstić information content (AvgIpc) is 2.75. The number of amides is 1. The topological polar surface area (TPSA) is 69.7 Å². The first-order chi connectivity index (χ1) is 16.0. The van der Waals surface area contributed by atoms with Gasteiger partial charge in [0.1, 0.15) is 0 Å². The van der Waals surface area contributed by atoms with Crippen molar-refractivity contribution in [1.82, 2.24) is 5.32 Å². The highest BCUT2D eigenvalue weighted by atomic mass is 32.2. The van der Waals surface area contributed by atoms with E-state index < -0.39 is 10.0 Å². The summed E-state index contributed by atoms with van der Waals surface area (Å²) in [6.45, 7) is 10.6. The van der Waals surface area contributed by atoms with Crippen molar-refractivity contribution in [1.29, 1.82) is 0 Å². The van der Waals surface area contributed by atoms with Crippen LogP contribution in [0.1, 0.15) is 62.3 Å². The molecule has 1 aliphatic heterocycles. The molecule has 1 saturated heterocycles. The monoisotopic (exact) mass is 485 g/mol. The zero-order chi connectivity index (χ0) is 24.9. The van der Waals surface area contributed by atoms with Gasteiger partial charge in [-0.25, -0.2) is 8.42 Å². The van der Waals surface area contributed by atoms with Gasteiger partial charge in [0, 0.05) is 31.7 Å². The fraction of sp³-hybridized carbons (Fsp3) is 0.519. The van der Waals surface area contributed by atoms with E-state index in [0.29, 0.717) is 12.1 Å². The maximum absolute atomic E-state index is 12.6. The highest BCUT2D eigenvalue weighted by Gasteiger charge is 2.19. The highest BCUT2D eigenvalue weighted by Crippen LogP contribution is 2.25. The zero-order valence-corrected chi connectivity index (χ0v) is 22.0. The molecule has 0 radical (unpaired) electrons. The van der Waals surface area contributed by atoms with Crippen molar-refractivity contribution >= 4 is 27.3 Å². The summed E-state index contributed by atoms with van der Waals surface area (Å²) in [4.78, 5) is 15.0. The van der Waals surface area contributed by atoms with Crippen molar-refractivity contribution in [3.05, 3.63) is 59.2 Å². The first kappa shape index (κ1) is 26.1. The van der Waals surface area contributed by atoms with Crippen LogP contribution in [0.4, 0.5) is 11.4 Å². The molecule has 1 fully saturated rings. The highest BCUT2D eigenvalue weighted by molar-refractivity contribution is 7.92. The van der Waals surface area contributed by atoms with Crippen molar-refractivity contribution < 1.29 is 13.2 Å². The Morgan fingerprint density at radius 2 is 1.79 bits per heavy atom. The van der Waals surface area contributed by atoms with Crippen LogP contribution in [0, 0.1) is 19.8 Å². The van der Waals surface area contributed by atoms with E-state index in [4.69, 9.17) is 0 Å². The number of nitrogens with zero attached hydrogens (tertiary/aromatic N) is 2. The predicted molar refractivity (Wildman–Crippen MR) is 141 cm³/mol. The van der Waals surface area contributed by atoms with Crippen LogP contribution in [0.2, 0.25) is 0 Å². The zero-order valence-electron chi connectivity index (χ0n) is 21.2. The molecule has 0 bridgehead atoms. The molecule has 7 heteroatoms. The van der Waals surface area contributed by atoms with E-state index >= 15 is 0 Å². The standard InChI is InChI=1S/C27H39N3O3S/c1-20-8-6-14-29(19-20)25-12-10-24(11-13-25)23(4)28-27(31)9-7-15-30(34(5,32)33)26-17-21(2)16-22(3)18-26/h10-13,16-18,20,23H,6-9,14-15,19H2,1-5H3,(H,28,31)/t20-,23-/m1/s1. The summed E-state index contributed by atoms with van der Waals surface area (Å²) in [7, 11) is -3.43. The predicted octanol–water partition coefficient (Wildman–Crippen LogP) is 4.96. The second-order valence-corrected chi connectivity index (χ2v) is 11.8. The van der Waals surface area contributed by atoms with Crippen molar-refractivity contribution in [3.8, 4) is 0 Å². The number of carbonyl (C=O) groups excluding carboxylic acids is 1. The molecule has 0 saturated carbocycles. The Morgan fingerprint density at radius 1 is 1.15 bits per heavy atom. The van der Waals surface area contributed by atoms with Gasteiger partial charge in [-0.15, -0.1) is 0 Å². The quantitative estimate of drug-likeness (QED) is 0.545. The van der Waals surface area contributed by atoms with Crippen LogP contribution in [-0.2, 0) is 14.8 Å². The molecule has 1 aliphatic rings. The third kappa shape index (κ3) is 7.23. The van der Waals surface area contributed by atoms with Crippen molar-refractivity contribution in [3.63, 3.8) is 0 Å². The van der Waals surface area contributed by atoms with E-state index in [1.165, 1.54) is 29.1 Å². The molecule has 1 amide bonds. The first-order valence-corrected chi connectivity index (χ1v) is 14.1. The van der Waals surface area contributed by atoms with E-state index in [-0.39, 0.29) is 24.9 Å². The Morgan fingerprint density at radius 3 is 2.38 bits per heavy atom. The van der Waals surface area contributed by atoms with Gasteiger partial charge in [0.05, 0.1) is 18.0 Å². The molecule has 2 aromatic carbocycles. The van der Waals surface area contributed by atoms with Crippen LogP contribution < -0.4 is 14.5 Å². The van der Waals surface area contributed by atoms with Crippen molar-refractivity contribution in [2.24, 2.45) is 5.92 Å². The molecule has 1 heterocycles. The Labute approximate surface area is 205 Å². The lowest BCUT2D eigenvalue weighted by Crippen LogP contribution is -2.34. The van der Waals surface area contributed by atoms with Gasteiger partial charge in [-0.2, -0.15) is 0 Å². The fourth-order valence-corrected chi connectivity index (χ4v) is 5.71. The number of nitrogens with one attached hydrogen (secondary N) is 1. The number of anilines is 2. The number of carbonyl (C=O) groups is 1. The number of aryl methyl sites for hydroxylation is 2. The maximum Gasteiger partial charge on any atom is 0.232 e.